The second-order valence-electron chi connectivity index (χ2n) is 9.72. The van der Waals surface area contributed by atoms with Gasteiger partial charge in [0.25, 0.3) is 5.91 Å². The van der Waals surface area contributed by atoms with Gasteiger partial charge >= 0.3 is 5.97 Å². The summed E-state index contributed by atoms with van der Waals surface area (Å²) in [7, 11) is 0. The molecule has 3 aromatic rings. The lowest BCUT2D eigenvalue weighted by Crippen LogP contribution is -2.34. The third-order valence-electron chi connectivity index (χ3n) is 6.56. The van der Waals surface area contributed by atoms with E-state index in [1.165, 1.54) is 44.7 Å². The third-order valence-corrected chi connectivity index (χ3v) is 6.89. The molecule has 0 atom stereocenters. The highest BCUT2D eigenvalue weighted by atomic mass is 35.5. The standard InChI is InChI=1S/C32H38ClN3O4/c1-2-3-4-5-6-7-8-9-10-19-30(37)34-23-31(38)36-35-22-27-25-16-12-11-15-24(25)20-21-29(27)40-32(39)26-17-13-14-18-28(26)33/h11-18,20-22H,2-10,19,23H2,1H3,(H,34,37)(H,36,38)/b35-22-. The lowest BCUT2D eigenvalue weighted by atomic mass is 10.0. The normalized spacial score (nSPS) is 11.1. The minimum Gasteiger partial charge on any atom is -0.422 e. The van der Waals surface area contributed by atoms with Gasteiger partial charge in [0.15, 0.2) is 0 Å². The number of halogens is 1. The summed E-state index contributed by atoms with van der Waals surface area (Å²) in [4.78, 5) is 37.1. The predicted octanol–water partition coefficient (Wildman–Crippen LogP) is 7.20. The van der Waals surface area contributed by atoms with Crippen molar-refractivity contribution >= 4 is 46.4 Å². The Kier molecular flexibility index (Phi) is 13.2. The molecule has 2 N–H and O–H groups in total. The fourth-order valence-electron chi connectivity index (χ4n) is 4.35. The van der Waals surface area contributed by atoms with Gasteiger partial charge in [-0.05, 0) is 35.4 Å². The van der Waals surface area contributed by atoms with E-state index in [0.717, 1.165) is 30.0 Å². The number of hydrogen-bond acceptors (Lipinski definition) is 5. The maximum absolute atomic E-state index is 12.8. The number of nitrogens with one attached hydrogen (secondary N) is 2. The summed E-state index contributed by atoms with van der Waals surface area (Å²) in [5, 5.41) is 8.69. The molecule has 0 aliphatic carbocycles. The van der Waals surface area contributed by atoms with Gasteiger partial charge in [-0.1, -0.05) is 112 Å². The number of amides is 2. The second-order valence-corrected chi connectivity index (χ2v) is 10.1. The van der Waals surface area contributed by atoms with Crippen LogP contribution in [0.25, 0.3) is 10.8 Å². The van der Waals surface area contributed by atoms with E-state index < -0.39 is 11.9 Å². The summed E-state index contributed by atoms with van der Waals surface area (Å²) < 4.78 is 5.66. The fourth-order valence-corrected chi connectivity index (χ4v) is 4.56. The smallest absolute Gasteiger partial charge is 0.345 e. The van der Waals surface area contributed by atoms with E-state index in [0.29, 0.717) is 12.0 Å². The topological polar surface area (TPSA) is 96.9 Å². The molecule has 0 spiro atoms. The van der Waals surface area contributed by atoms with Crippen LogP contribution in [0.2, 0.25) is 5.02 Å². The van der Waals surface area contributed by atoms with Gasteiger partial charge in [-0.3, -0.25) is 9.59 Å². The lowest BCUT2D eigenvalue weighted by molar-refractivity contribution is -0.126. The molecule has 2 amide bonds. The molecule has 0 radical (unpaired) electrons. The largest absolute Gasteiger partial charge is 0.422 e. The molecule has 0 aliphatic rings. The minimum atomic E-state index is -0.603. The van der Waals surface area contributed by atoms with Crippen LogP contribution in [0.15, 0.2) is 65.8 Å². The van der Waals surface area contributed by atoms with Gasteiger partial charge in [-0.15, -0.1) is 0 Å². The number of benzene rings is 3. The molecular weight excluding hydrogens is 526 g/mol. The van der Waals surface area contributed by atoms with E-state index in [2.05, 4.69) is 22.8 Å². The fraction of sp³-hybridized carbons (Fsp3) is 0.375. The summed E-state index contributed by atoms with van der Waals surface area (Å²) in [6.45, 7) is 2.05. The first-order valence-corrected chi connectivity index (χ1v) is 14.4. The molecule has 0 bridgehead atoms. The quantitative estimate of drug-likeness (QED) is 0.0633. The molecule has 0 heterocycles. The van der Waals surface area contributed by atoms with Crippen molar-refractivity contribution in [3.63, 3.8) is 0 Å². The van der Waals surface area contributed by atoms with E-state index >= 15 is 0 Å². The van der Waals surface area contributed by atoms with Gasteiger partial charge in [0.1, 0.15) is 5.75 Å². The highest BCUT2D eigenvalue weighted by Gasteiger charge is 2.16. The van der Waals surface area contributed by atoms with Gasteiger partial charge in [-0.2, -0.15) is 5.10 Å². The maximum atomic E-state index is 12.8. The molecule has 0 saturated carbocycles. The van der Waals surface area contributed by atoms with Crippen LogP contribution in [0.3, 0.4) is 0 Å². The number of hydrazone groups is 1. The van der Waals surface area contributed by atoms with E-state index in [1.54, 1.807) is 30.3 Å². The average Bonchev–Trinajstić information content (AvgIpc) is 2.96. The molecule has 0 aliphatic heterocycles. The van der Waals surface area contributed by atoms with Gasteiger partial charge < -0.3 is 10.1 Å². The molecule has 0 unspecified atom stereocenters. The number of esters is 1. The zero-order chi connectivity index (χ0) is 28.6. The summed E-state index contributed by atoms with van der Waals surface area (Å²) in [5.74, 6) is -0.929. The molecular formula is C32H38ClN3O4. The zero-order valence-corrected chi connectivity index (χ0v) is 23.8. The first kappa shape index (κ1) is 30.8. The van der Waals surface area contributed by atoms with Gasteiger partial charge in [0.2, 0.25) is 5.91 Å². The Morgan fingerprint density at radius 3 is 2.25 bits per heavy atom. The second kappa shape index (κ2) is 17.1. The number of unbranched alkanes of at least 4 members (excludes halogenated alkanes) is 8. The van der Waals surface area contributed by atoms with Crippen LogP contribution in [0, 0.1) is 0 Å². The summed E-state index contributed by atoms with van der Waals surface area (Å²) >= 11 is 6.15. The van der Waals surface area contributed by atoms with Crippen LogP contribution in [-0.2, 0) is 9.59 Å². The van der Waals surface area contributed by atoms with Gasteiger partial charge in [0.05, 0.1) is 23.3 Å². The molecule has 8 heteroatoms. The maximum Gasteiger partial charge on any atom is 0.345 e. The van der Waals surface area contributed by atoms with E-state index in [1.807, 2.05) is 30.3 Å². The van der Waals surface area contributed by atoms with Crippen LogP contribution in [-0.4, -0.2) is 30.5 Å². The first-order chi connectivity index (χ1) is 19.5. The monoisotopic (exact) mass is 563 g/mol. The number of fused-ring (bicyclic) bond motifs is 1. The predicted molar refractivity (Wildman–Crippen MR) is 161 cm³/mol. The van der Waals surface area contributed by atoms with Crippen LogP contribution in [0.4, 0.5) is 0 Å². The number of ether oxygens (including phenoxy) is 1. The van der Waals surface area contributed by atoms with Crippen molar-refractivity contribution in [2.75, 3.05) is 6.54 Å². The van der Waals surface area contributed by atoms with Crippen LogP contribution >= 0.6 is 11.6 Å². The van der Waals surface area contributed by atoms with Crippen LogP contribution in [0.1, 0.15) is 87.1 Å². The Balaban J connectivity index is 1.49. The Hall–Kier alpha value is -3.71. The van der Waals surface area contributed by atoms with Crippen LogP contribution < -0.4 is 15.5 Å². The molecule has 0 fully saturated rings. The zero-order valence-electron chi connectivity index (χ0n) is 23.1. The summed E-state index contributed by atoms with van der Waals surface area (Å²) in [5.41, 5.74) is 3.20. The lowest BCUT2D eigenvalue weighted by Gasteiger charge is -2.11. The molecule has 0 aromatic heterocycles. The molecule has 3 rings (SSSR count). The Labute approximate surface area is 241 Å². The number of nitrogens with zero attached hydrogens (tertiary/aromatic N) is 1. The first-order valence-electron chi connectivity index (χ1n) is 14.1. The summed E-state index contributed by atoms with van der Waals surface area (Å²) in [6.07, 6.45) is 12.5. The minimum absolute atomic E-state index is 0.148. The van der Waals surface area contributed by atoms with E-state index in [-0.39, 0.29) is 28.8 Å². The van der Waals surface area contributed by atoms with Crippen molar-refractivity contribution in [1.29, 1.82) is 0 Å². The number of hydrogen-bond donors (Lipinski definition) is 2. The van der Waals surface area contributed by atoms with Crippen molar-refractivity contribution in [1.82, 2.24) is 10.7 Å². The van der Waals surface area contributed by atoms with Gasteiger partial charge in [0, 0.05) is 12.0 Å². The molecule has 40 heavy (non-hydrogen) atoms. The average molecular weight is 564 g/mol. The Bertz CT molecular complexity index is 1310. The van der Waals surface area contributed by atoms with Crippen molar-refractivity contribution in [2.45, 2.75) is 71.1 Å². The van der Waals surface area contributed by atoms with Crippen molar-refractivity contribution in [3.05, 3.63) is 76.8 Å². The van der Waals surface area contributed by atoms with Crippen LogP contribution in [0.5, 0.6) is 5.75 Å². The molecule has 3 aromatic carbocycles. The molecule has 7 nitrogen and oxygen atoms in total. The summed E-state index contributed by atoms with van der Waals surface area (Å²) in [6, 6.07) is 17.7. The molecule has 212 valence electrons. The number of rotatable bonds is 16. The number of carbonyl (C=O) groups excluding carboxylic acids is 3. The Morgan fingerprint density at radius 2 is 1.50 bits per heavy atom. The van der Waals surface area contributed by atoms with Gasteiger partial charge in [-0.25, -0.2) is 10.2 Å². The van der Waals surface area contributed by atoms with Crippen molar-refractivity contribution in [3.8, 4) is 5.75 Å². The number of carbonyl (C=O) groups is 3. The highest BCUT2D eigenvalue weighted by molar-refractivity contribution is 6.33. The Morgan fingerprint density at radius 1 is 0.825 bits per heavy atom. The molecule has 0 saturated heterocycles. The SMILES string of the molecule is CCCCCCCCCCCC(=O)NCC(=O)N/N=C\c1c(OC(=O)c2ccccc2Cl)ccc2ccccc12. The highest BCUT2D eigenvalue weighted by Crippen LogP contribution is 2.28. The van der Waals surface area contributed by atoms with Crippen molar-refractivity contribution < 1.29 is 19.1 Å². The third kappa shape index (κ3) is 10.1. The van der Waals surface area contributed by atoms with Crippen molar-refractivity contribution in [2.24, 2.45) is 5.10 Å². The van der Waals surface area contributed by atoms with E-state index in [9.17, 15) is 14.4 Å². The van der Waals surface area contributed by atoms with E-state index in [4.69, 9.17) is 16.3 Å².